The maximum absolute atomic E-state index is 13.3. The zero-order valence-electron chi connectivity index (χ0n) is 17.5. The molecule has 0 aliphatic carbocycles. The van der Waals surface area contributed by atoms with Crippen LogP contribution >= 0.6 is 0 Å². The average Bonchev–Trinajstić information content (AvgIpc) is 2.78. The van der Waals surface area contributed by atoms with Crippen molar-refractivity contribution < 1.29 is 19.1 Å². The van der Waals surface area contributed by atoms with Crippen LogP contribution in [0.2, 0.25) is 0 Å². The summed E-state index contributed by atoms with van der Waals surface area (Å²) in [5, 5.41) is 0.828. The van der Waals surface area contributed by atoms with E-state index in [0.29, 0.717) is 63.8 Å². The number of carbonyl (C=O) groups is 2. The first-order chi connectivity index (χ1) is 14.5. The topological polar surface area (TPSA) is 75.2 Å². The number of nitrogens with zero attached hydrogens (tertiary/aromatic N) is 4. The van der Waals surface area contributed by atoms with E-state index in [1.165, 1.54) is 0 Å². The smallest absolute Gasteiger partial charge is 0.254 e. The molecule has 8 nitrogen and oxygen atoms in total. The molecule has 8 heteroatoms. The summed E-state index contributed by atoms with van der Waals surface area (Å²) in [6, 6.07) is 9.50. The first kappa shape index (κ1) is 20.7. The number of morpholine rings is 2. The first-order valence-corrected chi connectivity index (χ1v) is 10.3. The number of para-hydroxylation sites is 1. The molecular weight excluding hydrogens is 384 g/mol. The Labute approximate surface area is 176 Å². The number of pyridine rings is 1. The molecule has 1 atom stereocenters. The van der Waals surface area contributed by atoms with Gasteiger partial charge in [-0.3, -0.25) is 9.59 Å². The van der Waals surface area contributed by atoms with Gasteiger partial charge in [0.25, 0.3) is 5.91 Å². The summed E-state index contributed by atoms with van der Waals surface area (Å²) >= 11 is 0. The molecular formula is C22H28N4O4. The van der Waals surface area contributed by atoms with Crippen LogP contribution in [0, 0.1) is 0 Å². The number of fused-ring (bicyclic) bond motifs is 1. The van der Waals surface area contributed by atoms with Gasteiger partial charge in [0.2, 0.25) is 5.91 Å². The number of benzene rings is 1. The normalized spacial score (nSPS) is 20.0. The van der Waals surface area contributed by atoms with Gasteiger partial charge in [-0.15, -0.1) is 0 Å². The minimum absolute atomic E-state index is 0.0190. The highest BCUT2D eigenvalue weighted by atomic mass is 16.5. The number of hydrogen-bond acceptors (Lipinski definition) is 6. The molecule has 2 fully saturated rings. The van der Waals surface area contributed by atoms with Crippen molar-refractivity contribution in [1.82, 2.24) is 19.7 Å². The second-order valence-electron chi connectivity index (χ2n) is 7.95. The van der Waals surface area contributed by atoms with Crippen molar-refractivity contribution in [1.29, 1.82) is 0 Å². The number of hydrogen-bond donors (Lipinski definition) is 0. The van der Waals surface area contributed by atoms with Gasteiger partial charge in [-0.25, -0.2) is 4.98 Å². The third-order valence-electron chi connectivity index (χ3n) is 5.47. The Morgan fingerprint density at radius 2 is 1.83 bits per heavy atom. The number of aromatic nitrogens is 1. The fourth-order valence-corrected chi connectivity index (χ4v) is 3.90. The van der Waals surface area contributed by atoms with Crippen LogP contribution in [0.1, 0.15) is 22.2 Å². The molecule has 0 N–H and O–H groups in total. The highest BCUT2D eigenvalue weighted by molar-refractivity contribution is 6.06. The van der Waals surface area contributed by atoms with Crippen LogP contribution in [-0.2, 0) is 14.3 Å². The lowest BCUT2D eigenvalue weighted by Gasteiger charge is -2.33. The minimum atomic E-state index is -0.356. The zero-order valence-corrected chi connectivity index (χ0v) is 17.5. The summed E-state index contributed by atoms with van der Waals surface area (Å²) in [7, 11) is 3.76. The van der Waals surface area contributed by atoms with E-state index in [0.717, 1.165) is 10.9 Å². The third-order valence-corrected chi connectivity index (χ3v) is 5.47. The van der Waals surface area contributed by atoms with Crippen molar-refractivity contribution in [2.45, 2.75) is 6.10 Å². The highest BCUT2D eigenvalue weighted by Crippen LogP contribution is 2.27. The molecule has 1 aromatic heterocycles. The van der Waals surface area contributed by atoms with E-state index >= 15 is 0 Å². The Kier molecular flexibility index (Phi) is 6.26. The molecule has 2 aliphatic rings. The van der Waals surface area contributed by atoms with Crippen LogP contribution in [0.5, 0.6) is 0 Å². The molecule has 2 aromatic rings. The van der Waals surface area contributed by atoms with E-state index in [4.69, 9.17) is 14.5 Å². The Bertz CT molecular complexity index is 926. The lowest BCUT2D eigenvalue weighted by Crippen LogP contribution is -2.45. The van der Waals surface area contributed by atoms with Crippen molar-refractivity contribution in [3.8, 4) is 0 Å². The van der Waals surface area contributed by atoms with Crippen LogP contribution in [0.15, 0.2) is 30.3 Å². The second-order valence-corrected chi connectivity index (χ2v) is 7.95. The maximum atomic E-state index is 13.3. The van der Waals surface area contributed by atoms with Crippen LogP contribution < -0.4 is 0 Å². The molecule has 0 spiro atoms. The van der Waals surface area contributed by atoms with Gasteiger partial charge in [-0.2, -0.15) is 0 Å². The van der Waals surface area contributed by atoms with Gasteiger partial charge in [0.1, 0.15) is 6.10 Å². The Hall–Kier alpha value is -2.55. The number of amides is 2. The van der Waals surface area contributed by atoms with Crippen molar-refractivity contribution in [3.63, 3.8) is 0 Å². The monoisotopic (exact) mass is 412 g/mol. The van der Waals surface area contributed by atoms with E-state index in [-0.39, 0.29) is 17.9 Å². The predicted molar refractivity (Wildman–Crippen MR) is 112 cm³/mol. The summed E-state index contributed by atoms with van der Waals surface area (Å²) < 4.78 is 11.4. The van der Waals surface area contributed by atoms with E-state index in [1.807, 2.05) is 59.1 Å². The van der Waals surface area contributed by atoms with Gasteiger partial charge < -0.3 is 24.2 Å². The zero-order chi connectivity index (χ0) is 21.1. The van der Waals surface area contributed by atoms with Gasteiger partial charge in [-0.1, -0.05) is 18.2 Å². The van der Waals surface area contributed by atoms with Crippen molar-refractivity contribution in [2.75, 3.05) is 66.6 Å². The number of rotatable bonds is 4. The van der Waals surface area contributed by atoms with Crippen LogP contribution in [0.25, 0.3) is 10.9 Å². The SMILES string of the molecule is CN(C)CC(=O)N1CCO[C@H](c2cc(C(=O)N3CCOCC3)c3ccccc3n2)C1. The number of carbonyl (C=O) groups excluding carboxylic acids is 2. The number of ether oxygens (including phenoxy) is 2. The lowest BCUT2D eigenvalue weighted by molar-refractivity contribution is -0.139. The second kappa shape index (κ2) is 9.07. The predicted octanol–water partition coefficient (Wildman–Crippen LogP) is 1.17. The lowest BCUT2D eigenvalue weighted by atomic mass is 10.0. The summed E-state index contributed by atoms with van der Waals surface area (Å²) in [5.74, 6) is 0.0493. The molecule has 2 saturated heterocycles. The number of likely N-dealkylation sites (N-methyl/N-ethyl adjacent to an activating group) is 1. The fourth-order valence-electron chi connectivity index (χ4n) is 3.90. The Balaban J connectivity index is 1.64. The van der Waals surface area contributed by atoms with Crippen molar-refractivity contribution in [3.05, 3.63) is 41.6 Å². The van der Waals surface area contributed by atoms with Crippen LogP contribution in [0.3, 0.4) is 0 Å². The molecule has 3 heterocycles. The third kappa shape index (κ3) is 4.45. The van der Waals surface area contributed by atoms with Crippen molar-refractivity contribution in [2.24, 2.45) is 0 Å². The molecule has 4 rings (SSSR count). The van der Waals surface area contributed by atoms with Gasteiger partial charge >= 0.3 is 0 Å². The van der Waals surface area contributed by atoms with E-state index in [2.05, 4.69) is 0 Å². The van der Waals surface area contributed by atoms with E-state index < -0.39 is 0 Å². The summed E-state index contributed by atoms with van der Waals surface area (Å²) in [6.07, 6.45) is -0.356. The van der Waals surface area contributed by atoms with Gasteiger partial charge in [0, 0.05) is 25.0 Å². The molecule has 160 valence electrons. The van der Waals surface area contributed by atoms with E-state index in [9.17, 15) is 9.59 Å². The molecule has 2 aliphatic heterocycles. The summed E-state index contributed by atoms with van der Waals surface area (Å²) in [6.45, 7) is 4.07. The van der Waals surface area contributed by atoms with Gasteiger partial charge in [0.15, 0.2) is 0 Å². The summed E-state index contributed by atoms with van der Waals surface area (Å²) in [4.78, 5) is 36.1. The van der Waals surface area contributed by atoms with Gasteiger partial charge in [0.05, 0.1) is 49.7 Å². The molecule has 0 unspecified atom stereocenters. The Morgan fingerprint density at radius 1 is 1.10 bits per heavy atom. The largest absolute Gasteiger partial charge is 0.378 e. The quantitative estimate of drug-likeness (QED) is 0.751. The molecule has 1 aromatic carbocycles. The summed E-state index contributed by atoms with van der Waals surface area (Å²) in [5.41, 5.74) is 2.07. The molecule has 30 heavy (non-hydrogen) atoms. The maximum Gasteiger partial charge on any atom is 0.254 e. The highest BCUT2D eigenvalue weighted by Gasteiger charge is 2.29. The fraction of sp³-hybridized carbons (Fsp3) is 0.500. The van der Waals surface area contributed by atoms with Crippen LogP contribution in [-0.4, -0.2) is 98.1 Å². The van der Waals surface area contributed by atoms with E-state index in [1.54, 1.807) is 0 Å². The van der Waals surface area contributed by atoms with Gasteiger partial charge in [-0.05, 0) is 26.2 Å². The molecule has 2 amide bonds. The minimum Gasteiger partial charge on any atom is -0.378 e. The average molecular weight is 412 g/mol. The first-order valence-electron chi connectivity index (χ1n) is 10.3. The van der Waals surface area contributed by atoms with Crippen LogP contribution in [0.4, 0.5) is 0 Å². The standard InChI is InChI=1S/C22H28N4O4/c1-24(2)15-21(27)26-9-12-30-20(14-26)19-13-17(16-5-3-4-6-18(16)23-19)22(28)25-7-10-29-11-8-25/h3-6,13,20H,7-12,14-15H2,1-2H3/t20-/m0/s1. The van der Waals surface area contributed by atoms with Crippen molar-refractivity contribution >= 4 is 22.7 Å². The molecule has 0 saturated carbocycles. The Morgan fingerprint density at radius 3 is 2.60 bits per heavy atom. The molecule has 0 radical (unpaired) electrons. The molecule has 0 bridgehead atoms.